The maximum atomic E-state index is 12.3. The van der Waals surface area contributed by atoms with Crippen LogP contribution in [0.4, 0.5) is 0 Å². The van der Waals surface area contributed by atoms with Gasteiger partial charge in [-0.05, 0) is 35.9 Å². The molecule has 0 atom stereocenters. The summed E-state index contributed by atoms with van der Waals surface area (Å²) >= 11 is 3.36. The van der Waals surface area contributed by atoms with E-state index in [1.807, 2.05) is 24.3 Å². The zero-order valence-electron chi connectivity index (χ0n) is 11.9. The smallest absolute Gasteiger partial charge is 0.255 e. The van der Waals surface area contributed by atoms with E-state index in [9.17, 15) is 9.59 Å². The highest BCUT2D eigenvalue weighted by Crippen LogP contribution is 2.34. The van der Waals surface area contributed by atoms with Gasteiger partial charge in [0.05, 0.1) is 5.56 Å². The number of allylic oxidation sites excluding steroid dienone is 1. The number of ether oxygens (including phenoxy) is 2. The fourth-order valence-electron chi connectivity index (χ4n) is 2.12. The van der Waals surface area contributed by atoms with Crippen LogP contribution < -0.4 is 15.2 Å². The second-order valence-corrected chi connectivity index (χ2v) is 5.82. The summed E-state index contributed by atoms with van der Waals surface area (Å²) in [6.07, 6.45) is 1.68. The molecule has 0 fully saturated rings. The minimum atomic E-state index is -0.571. The molecule has 0 bridgehead atoms. The molecule has 2 aromatic rings. The first-order valence-electron chi connectivity index (χ1n) is 6.78. The van der Waals surface area contributed by atoms with Gasteiger partial charge in [-0.3, -0.25) is 9.59 Å². The van der Waals surface area contributed by atoms with E-state index in [1.165, 1.54) is 0 Å². The van der Waals surface area contributed by atoms with Crippen LogP contribution in [0, 0.1) is 0 Å². The van der Waals surface area contributed by atoms with Crippen LogP contribution in [0.15, 0.2) is 52.7 Å². The number of carbonyl (C=O) groups excluding carboxylic acids is 2. The van der Waals surface area contributed by atoms with E-state index < -0.39 is 5.91 Å². The molecular formula is C17H12BrNO4. The molecule has 0 spiro atoms. The normalized spacial score (nSPS) is 14.5. The van der Waals surface area contributed by atoms with Crippen molar-refractivity contribution in [2.45, 2.75) is 0 Å². The maximum absolute atomic E-state index is 12.3. The molecule has 0 aliphatic carbocycles. The van der Waals surface area contributed by atoms with Crippen molar-refractivity contribution in [2.75, 3.05) is 6.61 Å². The number of amides is 1. The lowest BCUT2D eigenvalue weighted by Gasteiger charge is -2.04. The minimum Gasteiger partial charge on any atom is -0.484 e. The number of fused-ring (bicyclic) bond motifs is 1. The van der Waals surface area contributed by atoms with Gasteiger partial charge in [-0.25, -0.2) is 0 Å². The number of rotatable bonds is 4. The number of carbonyl (C=O) groups is 2. The Labute approximate surface area is 140 Å². The second-order valence-electron chi connectivity index (χ2n) is 4.90. The molecule has 1 aliphatic heterocycles. The van der Waals surface area contributed by atoms with Gasteiger partial charge in [0.1, 0.15) is 11.5 Å². The van der Waals surface area contributed by atoms with Crippen LogP contribution in [0.1, 0.15) is 15.9 Å². The van der Waals surface area contributed by atoms with Crippen molar-refractivity contribution < 1.29 is 19.1 Å². The highest BCUT2D eigenvalue weighted by atomic mass is 79.9. The third-order valence-electron chi connectivity index (χ3n) is 3.19. The van der Waals surface area contributed by atoms with Crippen molar-refractivity contribution in [3.63, 3.8) is 0 Å². The van der Waals surface area contributed by atoms with E-state index >= 15 is 0 Å². The Morgan fingerprint density at radius 2 is 1.96 bits per heavy atom. The lowest BCUT2D eigenvalue weighted by molar-refractivity contribution is -0.119. The van der Waals surface area contributed by atoms with E-state index in [4.69, 9.17) is 15.2 Å². The monoisotopic (exact) mass is 373 g/mol. The van der Waals surface area contributed by atoms with E-state index in [0.29, 0.717) is 17.1 Å². The Bertz CT molecular complexity index is 812. The average molecular weight is 374 g/mol. The Morgan fingerprint density at radius 1 is 1.22 bits per heavy atom. The van der Waals surface area contributed by atoms with Crippen LogP contribution in [-0.4, -0.2) is 18.3 Å². The molecule has 1 amide bonds. The summed E-state index contributed by atoms with van der Waals surface area (Å²) in [6, 6.07) is 12.3. The van der Waals surface area contributed by atoms with Gasteiger partial charge in [0.25, 0.3) is 5.91 Å². The summed E-state index contributed by atoms with van der Waals surface area (Å²) in [7, 11) is 0. The highest BCUT2D eigenvalue weighted by Gasteiger charge is 2.27. The van der Waals surface area contributed by atoms with Gasteiger partial charge >= 0.3 is 0 Å². The highest BCUT2D eigenvalue weighted by molar-refractivity contribution is 9.10. The number of primary amides is 1. The molecule has 116 valence electrons. The molecule has 0 saturated carbocycles. The van der Waals surface area contributed by atoms with Gasteiger partial charge in [-0.2, -0.15) is 0 Å². The van der Waals surface area contributed by atoms with Crippen LogP contribution >= 0.6 is 15.9 Å². The van der Waals surface area contributed by atoms with E-state index in [1.54, 1.807) is 24.3 Å². The molecule has 6 heteroatoms. The summed E-state index contributed by atoms with van der Waals surface area (Å²) in [4.78, 5) is 23.1. The molecule has 5 nitrogen and oxygen atoms in total. The fourth-order valence-corrected chi connectivity index (χ4v) is 2.39. The molecule has 2 aromatic carbocycles. The number of Topliss-reactive ketones (excluding diaryl/α,β-unsaturated/α-hetero) is 1. The topological polar surface area (TPSA) is 78.6 Å². The number of benzene rings is 2. The number of ketones is 1. The zero-order chi connectivity index (χ0) is 16.4. The van der Waals surface area contributed by atoms with E-state index in [-0.39, 0.29) is 18.1 Å². The summed E-state index contributed by atoms with van der Waals surface area (Å²) in [5.74, 6) is 0.303. The van der Waals surface area contributed by atoms with Gasteiger partial charge in [0.2, 0.25) is 5.78 Å². The third-order valence-corrected chi connectivity index (χ3v) is 3.72. The Morgan fingerprint density at radius 3 is 2.65 bits per heavy atom. The van der Waals surface area contributed by atoms with E-state index in [2.05, 4.69) is 15.9 Å². The second kappa shape index (κ2) is 6.26. The van der Waals surface area contributed by atoms with Crippen molar-refractivity contribution in [1.82, 2.24) is 0 Å². The first kappa shape index (κ1) is 15.3. The first-order chi connectivity index (χ1) is 11.0. The van der Waals surface area contributed by atoms with Crippen molar-refractivity contribution in [3.05, 3.63) is 63.8 Å². The molecule has 2 N–H and O–H groups in total. The molecule has 1 heterocycles. The number of hydrogen-bond acceptors (Lipinski definition) is 4. The largest absolute Gasteiger partial charge is 0.484 e. The Kier molecular flexibility index (Phi) is 4.16. The zero-order valence-corrected chi connectivity index (χ0v) is 13.5. The van der Waals surface area contributed by atoms with Gasteiger partial charge in [-0.15, -0.1) is 0 Å². The summed E-state index contributed by atoms with van der Waals surface area (Å²) in [5.41, 5.74) is 6.35. The molecule has 1 aliphatic rings. The maximum Gasteiger partial charge on any atom is 0.255 e. The summed E-state index contributed by atoms with van der Waals surface area (Å²) < 4.78 is 11.8. The van der Waals surface area contributed by atoms with Crippen molar-refractivity contribution in [2.24, 2.45) is 5.73 Å². The molecule has 23 heavy (non-hydrogen) atoms. The summed E-state index contributed by atoms with van der Waals surface area (Å²) in [6.45, 7) is -0.228. The lowest BCUT2D eigenvalue weighted by Crippen LogP contribution is -2.19. The van der Waals surface area contributed by atoms with Crippen LogP contribution in [-0.2, 0) is 4.79 Å². The summed E-state index contributed by atoms with van der Waals surface area (Å²) in [5, 5.41) is 0. The number of hydrogen-bond donors (Lipinski definition) is 1. The quantitative estimate of drug-likeness (QED) is 0.835. The van der Waals surface area contributed by atoms with Crippen LogP contribution in [0.3, 0.4) is 0 Å². The molecule has 3 rings (SSSR count). The van der Waals surface area contributed by atoms with Crippen molar-refractivity contribution in [1.29, 1.82) is 0 Å². The molecule has 0 unspecified atom stereocenters. The molecule has 0 aromatic heterocycles. The van der Waals surface area contributed by atoms with Crippen LogP contribution in [0.5, 0.6) is 11.5 Å². The van der Waals surface area contributed by atoms with Crippen LogP contribution in [0.25, 0.3) is 6.08 Å². The van der Waals surface area contributed by atoms with Crippen molar-refractivity contribution in [3.8, 4) is 11.5 Å². The number of nitrogens with two attached hydrogens (primary N) is 1. The van der Waals surface area contributed by atoms with Crippen molar-refractivity contribution >= 4 is 33.7 Å². The van der Waals surface area contributed by atoms with E-state index in [0.717, 1.165) is 10.0 Å². The molecule has 0 saturated heterocycles. The van der Waals surface area contributed by atoms with Gasteiger partial charge in [0, 0.05) is 10.5 Å². The van der Waals surface area contributed by atoms with Gasteiger partial charge in [-0.1, -0.05) is 28.1 Å². The van der Waals surface area contributed by atoms with Gasteiger partial charge in [0.15, 0.2) is 12.4 Å². The predicted molar refractivity (Wildman–Crippen MR) is 88.2 cm³/mol. The first-order valence-corrected chi connectivity index (χ1v) is 7.57. The van der Waals surface area contributed by atoms with Gasteiger partial charge < -0.3 is 15.2 Å². The van der Waals surface area contributed by atoms with Crippen LogP contribution in [0.2, 0.25) is 0 Å². The fraction of sp³-hybridized carbons (Fsp3) is 0.0588. The average Bonchev–Trinajstić information content (AvgIpc) is 2.83. The molecule has 0 radical (unpaired) electrons. The Hall–Kier alpha value is -2.60. The SMILES string of the molecule is NC(=O)COc1ccc2c(c1)O/C(=C\c1ccc(Br)cc1)C2=O. The minimum absolute atomic E-state index is 0.190. The third kappa shape index (κ3) is 3.43. The Balaban J connectivity index is 1.83. The standard InChI is InChI=1S/C17H12BrNO4/c18-11-3-1-10(2-4-11)7-15-17(21)13-6-5-12(8-14(13)23-15)22-9-16(19)20/h1-8H,9H2,(H2,19,20)/b15-7-. The predicted octanol–water partition coefficient (Wildman–Crippen LogP) is 2.93. The molecular weight excluding hydrogens is 362 g/mol. The lowest BCUT2D eigenvalue weighted by atomic mass is 10.1. The number of halogens is 1.